The van der Waals surface area contributed by atoms with Gasteiger partial charge in [0.2, 0.25) is 11.8 Å². The first-order valence-corrected chi connectivity index (χ1v) is 11.0. The Morgan fingerprint density at radius 1 is 1.08 bits per heavy atom. The summed E-state index contributed by atoms with van der Waals surface area (Å²) < 4.78 is 39.0. The molecule has 0 aromatic heterocycles. The van der Waals surface area contributed by atoms with Crippen LogP contribution in [0.3, 0.4) is 0 Å². The lowest BCUT2D eigenvalue weighted by Crippen LogP contribution is -2.52. The Balaban J connectivity index is 1.67. The van der Waals surface area contributed by atoms with Crippen molar-refractivity contribution >= 4 is 52.1 Å². The fourth-order valence-electron chi connectivity index (χ4n) is 3.81. The third kappa shape index (κ3) is 5.38. The SMILES string of the molecule is O=C(CC1C(=O)Nc2ccccc2N1C(=O)c1ccc(Cl)c([N+](=O)[O-])c1)Nc1cccc(C(F)(F)F)c1. The van der Waals surface area contributed by atoms with Gasteiger partial charge in [-0.05, 0) is 42.5 Å². The maximum absolute atomic E-state index is 13.5. The quantitative estimate of drug-likeness (QED) is 0.343. The van der Waals surface area contributed by atoms with E-state index in [1.165, 1.54) is 24.3 Å². The second kappa shape index (κ2) is 9.90. The molecule has 3 amide bonds. The van der Waals surface area contributed by atoms with E-state index in [1.807, 2.05) is 0 Å². The Labute approximate surface area is 212 Å². The largest absolute Gasteiger partial charge is 0.416 e. The number of para-hydroxylation sites is 2. The molecule has 1 unspecified atom stereocenters. The van der Waals surface area contributed by atoms with Gasteiger partial charge in [0.05, 0.1) is 28.3 Å². The summed E-state index contributed by atoms with van der Waals surface area (Å²) in [4.78, 5) is 50.8. The van der Waals surface area contributed by atoms with Gasteiger partial charge in [0.15, 0.2) is 0 Å². The Morgan fingerprint density at radius 2 is 1.81 bits per heavy atom. The van der Waals surface area contributed by atoms with Crippen molar-refractivity contribution in [3.05, 3.63) is 93.0 Å². The lowest BCUT2D eigenvalue weighted by molar-refractivity contribution is -0.384. The van der Waals surface area contributed by atoms with E-state index in [0.29, 0.717) is 0 Å². The van der Waals surface area contributed by atoms with E-state index in [0.717, 1.165) is 35.2 Å². The van der Waals surface area contributed by atoms with Gasteiger partial charge in [0, 0.05) is 17.3 Å². The highest BCUT2D eigenvalue weighted by Crippen LogP contribution is 2.36. The van der Waals surface area contributed by atoms with E-state index in [-0.39, 0.29) is 27.6 Å². The molecule has 0 saturated heterocycles. The van der Waals surface area contributed by atoms with E-state index in [4.69, 9.17) is 11.6 Å². The van der Waals surface area contributed by atoms with Crippen LogP contribution in [-0.2, 0) is 15.8 Å². The van der Waals surface area contributed by atoms with Crippen LogP contribution in [-0.4, -0.2) is 28.7 Å². The van der Waals surface area contributed by atoms with Gasteiger partial charge >= 0.3 is 6.18 Å². The number of anilines is 3. The van der Waals surface area contributed by atoms with Crippen molar-refractivity contribution in [2.24, 2.45) is 0 Å². The fourth-order valence-corrected chi connectivity index (χ4v) is 4.00. The summed E-state index contributed by atoms with van der Waals surface area (Å²) >= 11 is 5.85. The number of nitrogens with one attached hydrogen (secondary N) is 2. The average molecular weight is 533 g/mol. The standard InChI is InChI=1S/C24H16ClF3N4O5/c25-16-9-8-13(10-19(16)32(36)37)23(35)31-18-7-2-1-6-17(18)30-22(34)20(31)12-21(33)29-15-5-3-4-14(11-15)24(26,27)28/h1-11,20H,12H2,(H,29,33)(H,30,34). The molecule has 0 radical (unpaired) electrons. The molecule has 1 aliphatic rings. The van der Waals surface area contributed by atoms with Gasteiger partial charge in [-0.3, -0.25) is 29.4 Å². The van der Waals surface area contributed by atoms with Crippen LogP contribution in [0.1, 0.15) is 22.3 Å². The Hall–Kier alpha value is -4.45. The molecule has 2 N–H and O–H groups in total. The maximum atomic E-state index is 13.5. The summed E-state index contributed by atoms with van der Waals surface area (Å²) in [5.41, 5.74) is -1.33. The molecule has 1 atom stereocenters. The number of benzene rings is 3. The highest BCUT2D eigenvalue weighted by molar-refractivity contribution is 6.33. The molecule has 1 aliphatic heterocycles. The van der Waals surface area contributed by atoms with E-state index < -0.39 is 52.5 Å². The second-order valence-corrected chi connectivity index (χ2v) is 8.36. The number of rotatable bonds is 5. The Kier molecular flexibility index (Phi) is 6.86. The Bertz CT molecular complexity index is 1430. The van der Waals surface area contributed by atoms with E-state index >= 15 is 0 Å². The first-order chi connectivity index (χ1) is 17.5. The summed E-state index contributed by atoms with van der Waals surface area (Å²) in [7, 11) is 0. The van der Waals surface area contributed by atoms with E-state index in [9.17, 15) is 37.7 Å². The predicted octanol–water partition coefficient (Wildman–Crippen LogP) is 5.26. The first-order valence-electron chi connectivity index (χ1n) is 10.6. The number of carbonyl (C=O) groups is 3. The molecule has 190 valence electrons. The lowest BCUT2D eigenvalue weighted by Gasteiger charge is -2.36. The number of halogens is 4. The molecule has 0 fully saturated rings. The number of amides is 3. The van der Waals surface area contributed by atoms with Crippen LogP contribution in [0.5, 0.6) is 0 Å². The van der Waals surface area contributed by atoms with E-state index in [2.05, 4.69) is 10.6 Å². The highest BCUT2D eigenvalue weighted by atomic mass is 35.5. The maximum Gasteiger partial charge on any atom is 0.416 e. The molecule has 0 bridgehead atoms. The van der Waals surface area contributed by atoms with Crippen LogP contribution in [0.4, 0.5) is 35.9 Å². The minimum atomic E-state index is -4.63. The number of alkyl halides is 3. The zero-order chi connectivity index (χ0) is 26.9. The Morgan fingerprint density at radius 3 is 2.51 bits per heavy atom. The zero-order valence-electron chi connectivity index (χ0n) is 18.6. The van der Waals surface area contributed by atoms with Gasteiger partial charge in [-0.15, -0.1) is 0 Å². The summed E-state index contributed by atoms with van der Waals surface area (Å²) in [6.07, 6.45) is -5.24. The summed E-state index contributed by atoms with van der Waals surface area (Å²) in [5, 5.41) is 16.0. The molecule has 0 saturated carbocycles. The average Bonchev–Trinajstić information content (AvgIpc) is 2.84. The normalized spacial score (nSPS) is 15.0. The van der Waals surface area contributed by atoms with Gasteiger partial charge < -0.3 is 10.6 Å². The summed E-state index contributed by atoms with van der Waals surface area (Å²) in [5.74, 6) is -2.38. The lowest BCUT2D eigenvalue weighted by atomic mass is 10.0. The smallest absolute Gasteiger partial charge is 0.326 e. The predicted molar refractivity (Wildman–Crippen MR) is 128 cm³/mol. The monoisotopic (exact) mass is 532 g/mol. The molecule has 13 heteroatoms. The highest BCUT2D eigenvalue weighted by Gasteiger charge is 2.39. The van der Waals surface area contributed by atoms with Crippen molar-refractivity contribution in [2.75, 3.05) is 15.5 Å². The number of hydrogen-bond donors (Lipinski definition) is 2. The molecule has 3 aromatic carbocycles. The molecule has 37 heavy (non-hydrogen) atoms. The molecule has 0 spiro atoms. The van der Waals surface area contributed by atoms with Crippen LogP contribution in [0.15, 0.2) is 66.7 Å². The fraction of sp³-hybridized carbons (Fsp3) is 0.125. The molecule has 9 nitrogen and oxygen atoms in total. The van der Waals surface area contributed by atoms with Crippen LogP contribution in [0.2, 0.25) is 5.02 Å². The van der Waals surface area contributed by atoms with Gasteiger partial charge in [0.1, 0.15) is 11.1 Å². The minimum absolute atomic E-state index is 0.150. The van der Waals surface area contributed by atoms with Crippen molar-refractivity contribution in [3.63, 3.8) is 0 Å². The number of hydrogen-bond acceptors (Lipinski definition) is 5. The number of fused-ring (bicyclic) bond motifs is 1. The van der Waals surface area contributed by atoms with Crippen molar-refractivity contribution in [1.29, 1.82) is 0 Å². The topological polar surface area (TPSA) is 122 Å². The molecule has 0 aliphatic carbocycles. The second-order valence-electron chi connectivity index (χ2n) is 7.95. The number of nitro groups is 1. The molecular weight excluding hydrogens is 517 g/mol. The third-order valence-electron chi connectivity index (χ3n) is 5.50. The summed E-state index contributed by atoms with van der Waals surface area (Å²) in [6.45, 7) is 0. The van der Waals surface area contributed by atoms with Crippen LogP contribution >= 0.6 is 11.6 Å². The number of nitrogens with zero attached hydrogens (tertiary/aromatic N) is 2. The van der Waals surface area contributed by atoms with Crippen molar-refractivity contribution in [2.45, 2.75) is 18.6 Å². The molecular formula is C24H16ClF3N4O5. The zero-order valence-corrected chi connectivity index (χ0v) is 19.3. The summed E-state index contributed by atoms with van der Waals surface area (Å²) in [6, 6.07) is 12.1. The molecule has 4 rings (SSSR count). The van der Waals surface area contributed by atoms with E-state index in [1.54, 1.807) is 12.1 Å². The van der Waals surface area contributed by atoms with Gasteiger partial charge in [0.25, 0.3) is 11.6 Å². The number of carbonyl (C=O) groups excluding carboxylic acids is 3. The number of nitro benzene ring substituents is 1. The van der Waals surface area contributed by atoms with Gasteiger partial charge in [-0.1, -0.05) is 29.8 Å². The van der Waals surface area contributed by atoms with Gasteiger partial charge in [-0.25, -0.2) is 0 Å². The molecule has 1 heterocycles. The van der Waals surface area contributed by atoms with Crippen LogP contribution in [0.25, 0.3) is 0 Å². The van der Waals surface area contributed by atoms with Crippen molar-refractivity contribution in [1.82, 2.24) is 0 Å². The third-order valence-corrected chi connectivity index (χ3v) is 5.82. The van der Waals surface area contributed by atoms with Gasteiger partial charge in [-0.2, -0.15) is 13.2 Å². The van der Waals surface area contributed by atoms with Crippen molar-refractivity contribution < 1.29 is 32.5 Å². The van der Waals surface area contributed by atoms with Crippen LogP contribution < -0.4 is 15.5 Å². The first kappa shape index (κ1) is 25.6. The van der Waals surface area contributed by atoms with Crippen molar-refractivity contribution in [3.8, 4) is 0 Å². The minimum Gasteiger partial charge on any atom is -0.326 e. The van der Waals surface area contributed by atoms with Crippen LogP contribution in [0, 0.1) is 10.1 Å². The molecule has 3 aromatic rings.